The van der Waals surface area contributed by atoms with E-state index in [9.17, 15) is 68.1 Å². The molecule has 14 atom stereocenters. The molecule has 4 unspecified atom stereocenters. The minimum atomic E-state index is -1.73. The summed E-state index contributed by atoms with van der Waals surface area (Å²) in [6.07, 6.45) is -2.79. The number of aliphatic hydroxyl groups excluding tert-OH is 3. The molecule has 30 nitrogen and oxygen atoms in total. The zero-order chi connectivity index (χ0) is 61.5. The summed E-state index contributed by atoms with van der Waals surface area (Å²) in [5.41, 5.74) is 29.0. The lowest BCUT2D eigenvalue weighted by atomic mass is 10.0. The Morgan fingerprint density at radius 2 is 0.988 bits per heavy atom. The van der Waals surface area contributed by atoms with Gasteiger partial charge in [-0.05, 0) is 117 Å². The van der Waals surface area contributed by atoms with Crippen LogP contribution in [0, 0.1) is 11.8 Å². The lowest BCUT2D eigenvalue weighted by Gasteiger charge is -2.29. The standard InChI is InChI=1S/C51H96N16O14/c1-8-27(4)11-9-10-12-38(71)58-31(13-19-52)46(76)66-40(29(6)69)50(80)63-34(16-22-55)43(73)61-36-18-24-57-49(79)39(28(5)68)65-47(77)35(17-23-56)60-42(72)33(15-21-54)62-51(81)41(30(7)70)67-48(78)37(25-26(2)3)64-44(74)32(14-20-53)59-45(36)75/h26-37,39-41,68-70H,8-25,52-56H2,1-7H3,(H,57,79)(H,58,71)(H,59,75)(H,60,72)(H,61,73)(H,62,81)(H,63,80)(H,64,74)(H,65,77)(H,66,76)(H,67,78)/t27?,28?,29?,30?,31-,32-,33-,34-,35-,36-,37+,39-,40-,41-/m1/s1. The smallest absolute Gasteiger partial charge is 0.245 e. The first-order valence-corrected chi connectivity index (χ1v) is 28.0. The van der Waals surface area contributed by atoms with Crippen molar-refractivity contribution in [2.24, 2.45) is 40.5 Å². The predicted octanol–water partition coefficient (Wildman–Crippen LogP) is -7.11. The number of rotatable bonds is 28. The molecule has 0 aromatic rings. The van der Waals surface area contributed by atoms with Gasteiger partial charge < -0.3 is 102 Å². The van der Waals surface area contributed by atoms with E-state index < -0.39 is 157 Å². The molecule has 30 heteroatoms. The van der Waals surface area contributed by atoms with Crippen LogP contribution < -0.4 is 87.2 Å². The molecule has 1 heterocycles. The van der Waals surface area contributed by atoms with E-state index in [0.717, 1.165) is 19.3 Å². The summed E-state index contributed by atoms with van der Waals surface area (Å²) in [4.78, 5) is 152. The molecule has 1 fully saturated rings. The average Bonchev–Trinajstić information content (AvgIpc) is 3.39. The molecule has 0 radical (unpaired) electrons. The molecule has 1 aliphatic rings. The van der Waals surface area contributed by atoms with Crippen molar-refractivity contribution in [3.05, 3.63) is 0 Å². The molecular formula is C51H96N16O14. The highest BCUT2D eigenvalue weighted by molar-refractivity contribution is 5.99. The molecule has 11 amide bonds. The Morgan fingerprint density at radius 3 is 1.46 bits per heavy atom. The average molecular weight is 1160 g/mol. The van der Waals surface area contributed by atoms with E-state index in [-0.39, 0.29) is 83.6 Å². The number of hydrogen-bond acceptors (Lipinski definition) is 19. The fourth-order valence-electron chi connectivity index (χ4n) is 8.44. The quantitative estimate of drug-likeness (QED) is 0.0324. The van der Waals surface area contributed by atoms with Gasteiger partial charge in [-0.3, -0.25) is 52.7 Å². The van der Waals surface area contributed by atoms with Gasteiger partial charge in [-0.2, -0.15) is 0 Å². The number of carbonyl (C=O) groups excluding carboxylic acids is 11. The third-order valence-electron chi connectivity index (χ3n) is 13.4. The molecule has 0 aliphatic carbocycles. The minimum Gasteiger partial charge on any atom is -0.391 e. The maximum Gasteiger partial charge on any atom is 0.245 e. The summed E-state index contributed by atoms with van der Waals surface area (Å²) >= 11 is 0. The van der Waals surface area contributed by atoms with E-state index in [2.05, 4.69) is 72.3 Å². The predicted molar refractivity (Wildman–Crippen MR) is 298 cm³/mol. The Labute approximate surface area is 474 Å². The van der Waals surface area contributed by atoms with E-state index >= 15 is 0 Å². The minimum absolute atomic E-state index is 0.0215. The van der Waals surface area contributed by atoms with Crippen LogP contribution in [0.5, 0.6) is 0 Å². The second-order valence-electron chi connectivity index (χ2n) is 21.0. The lowest BCUT2D eigenvalue weighted by molar-refractivity contribution is -0.137. The van der Waals surface area contributed by atoms with Crippen molar-refractivity contribution in [3.63, 3.8) is 0 Å². The highest BCUT2D eigenvalue weighted by atomic mass is 16.3. The second-order valence-corrected chi connectivity index (χ2v) is 21.0. The summed E-state index contributed by atoms with van der Waals surface area (Å²) in [7, 11) is 0. The fourth-order valence-corrected chi connectivity index (χ4v) is 8.44. The second kappa shape index (κ2) is 38.5. The highest BCUT2D eigenvalue weighted by Gasteiger charge is 2.38. The number of carbonyl (C=O) groups is 11. The fraction of sp³-hybridized carbons (Fsp3) is 0.784. The van der Waals surface area contributed by atoms with Gasteiger partial charge >= 0.3 is 0 Å². The monoisotopic (exact) mass is 1160 g/mol. The van der Waals surface area contributed by atoms with Crippen LogP contribution in [0.2, 0.25) is 0 Å². The molecule has 24 N–H and O–H groups in total. The molecular weight excluding hydrogens is 1060 g/mol. The molecule has 1 saturated heterocycles. The topological polar surface area (TPSA) is 511 Å². The zero-order valence-corrected chi connectivity index (χ0v) is 48.1. The Balaban J connectivity index is 3.79. The van der Waals surface area contributed by atoms with Gasteiger partial charge in [-0.1, -0.05) is 47.0 Å². The van der Waals surface area contributed by atoms with Crippen molar-refractivity contribution in [3.8, 4) is 0 Å². The highest BCUT2D eigenvalue weighted by Crippen LogP contribution is 2.13. The van der Waals surface area contributed by atoms with Gasteiger partial charge in [-0.25, -0.2) is 0 Å². The van der Waals surface area contributed by atoms with Gasteiger partial charge in [0.25, 0.3) is 0 Å². The largest absolute Gasteiger partial charge is 0.391 e. The van der Waals surface area contributed by atoms with Gasteiger partial charge in [0.15, 0.2) is 0 Å². The Bertz CT molecular complexity index is 2050. The Kier molecular flexibility index (Phi) is 34.7. The van der Waals surface area contributed by atoms with Gasteiger partial charge in [0.2, 0.25) is 65.0 Å². The van der Waals surface area contributed by atoms with Crippen LogP contribution in [-0.2, 0) is 52.7 Å². The van der Waals surface area contributed by atoms with Crippen molar-refractivity contribution >= 4 is 65.0 Å². The molecule has 0 aromatic carbocycles. The molecule has 464 valence electrons. The van der Waals surface area contributed by atoms with Crippen molar-refractivity contribution in [2.75, 3.05) is 39.3 Å². The number of hydrogen-bond donors (Lipinski definition) is 19. The Morgan fingerprint density at radius 1 is 0.531 bits per heavy atom. The normalized spacial score (nSPS) is 23.9. The molecule has 1 aliphatic heterocycles. The first kappa shape index (κ1) is 72.9. The van der Waals surface area contributed by atoms with Crippen LogP contribution in [-0.4, -0.2) is 198 Å². The number of unbranched alkanes of at least 4 members (excludes halogenated alkanes) is 1. The van der Waals surface area contributed by atoms with Crippen LogP contribution >= 0.6 is 0 Å². The van der Waals surface area contributed by atoms with E-state index in [4.69, 9.17) is 28.7 Å². The SMILES string of the molecule is CCC(C)CCCCC(=O)N[C@H](CCN)C(=O)N[C@@H](C(=O)N[C@H](CCN)C(=O)N[C@@H]1CCNC(=O)[C@@H](C(C)O)NC(=O)[C@@H](CCN)NC(=O)[C@@H](CCN)NC(=O)[C@@H](C(C)O)NC(=O)[C@H](CC(C)C)NC(=O)[C@@H](CCN)NC1=O)C(C)O. The van der Waals surface area contributed by atoms with Crippen LogP contribution in [0.25, 0.3) is 0 Å². The van der Waals surface area contributed by atoms with Crippen LogP contribution in [0.4, 0.5) is 0 Å². The Hall–Kier alpha value is -6.15. The molecule has 0 aromatic heterocycles. The summed E-state index contributed by atoms with van der Waals surface area (Å²) in [6.45, 7) is 9.91. The van der Waals surface area contributed by atoms with Crippen molar-refractivity contribution in [2.45, 2.75) is 204 Å². The molecule has 1 rings (SSSR count). The van der Waals surface area contributed by atoms with Gasteiger partial charge in [0.1, 0.15) is 60.4 Å². The summed E-state index contributed by atoms with van der Waals surface area (Å²) in [5, 5.41) is 59.4. The van der Waals surface area contributed by atoms with Crippen molar-refractivity contribution in [1.29, 1.82) is 0 Å². The third kappa shape index (κ3) is 26.5. The van der Waals surface area contributed by atoms with Gasteiger partial charge in [0.05, 0.1) is 18.3 Å². The molecule has 0 bridgehead atoms. The molecule has 81 heavy (non-hydrogen) atoms. The van der Waals surface area contributed by atoms with E-state index in [1.807, 2.05) is 0 Å². The first-order valence-electron chi connectivity index (χ1n) is 28.0. The van der Waals surface area contributed by atoms with Crippen LogP contribution in [0.1, 0.15) is 126 Å². The number of amides is 11. The first-order chi connectivity index (χ1) is 38.2. The maximum atomic E-state index is 14.4. The number of aliphatic hydroxyl groups is 3. The molecule has 0 spiro atoms. The number of nitrogens with one attached hydrogen (secondary N) is 11. The van der Waals surface area contributed by atoms with E-state index in [1.165, 1.54) is 20.8 Å². The van der Waals surface area contributed by atoms with E-state index in [1.54, 1.807) is 13.8 Å². The van der Waals surface area contributed by atoms with Crippen molar-refractivity contribution in [1.82, 2.24) is 58.5 Å². The lowest BCUT2D eigenvalue weighted by Crippen LogP contribution is -2.62. The number of nitrogens with two attached hydrogens (primary N) is 5. The summed E-state index contributed by atoms with van der Waals surface area (Å²) in [5.74, 6) is -10.1. The van der Waals surface area contributed by atoms with Crippen LogP contribution in [0.3, 0.4) is 0 Å². The van der Waals surface area contributed by atoms with Gasteiger partial charge in [0, 0.05) is 13.0 Å². The third-order valence-corrected chi connectivity index (χ3v) is 13.4. The van der Waals surface area contributed by atoms with E-state index in [0.29, 0.717) is 12.3 Å². The van der Waals surface area contributed by atoms with Gasteiger partial charge in [-0.15, -0.1) is 0 Å². The van der Waals surface area contributed by atoms with Crippen LogP contribution in [0.15, 0.2) is 0 Å². The van der Waals surface area contributed by atoms with Crippen molar-refractivity contribution < 1.29 is 68.1 Å². The summed E-state index contributed by atoms with van der Waals surface area (Å²) in [6, 6.07) is -15.4. The summed E-state index contributed by atoms with van der Waals surface area (Å²) < 4.78 is 0. The maximum absolute atomic E-state index is 14.4. The zero-order valence-electron chi connectivity index (χ0n) is 48.1. The molecule has 0 saturated carbocycles.